The summed E-state index contributed by atoms with van der Waals surface area (Å²) >= 11 is 0. The zero-order chi connectivity index (χ0) is 17.8. The van der Waals surface area contributed by atoms with Gasteiger partial charge in [0.2, 0.25) is 0 Å². The molecule has 0 saturated heterocycles. The highest BCUT2D eigenvalue weighted by molar-refractivity contribution is 5.92. The van der Waals surface area contributed by atoms with Gasteiger partial charge in [0, 0.05) is 5.69 Å². The largest absolute Gasteiger partial charge is 0.483 e. The number of aliphatic hydroxyl groups excluding tert-OH is 1. The fourth-order valence-electron chi connectivity index (χ4n) is 3.24. The third-order valence-electron chi connectivity index (χ3n) is 4.63. The summed E-state index contributed by atoms with van der Waals surface area (Å²) in [6, 6.07) is 13.5. The lowest BCUT2D eigenvalue weighted by Crippen LogP contribution is -2.21. The van der Waals surface area contributed by atoms with Crippen LogP contribution in [0, 0.1) is 0 Å². The van der Waals surface area contributed by atoms with Gasteiger partial charge in [-0.25, -0.2) is 0 Å². The van der Waals surface area contributed by atoms with Crippen molar-refractivity contribution in [2.24, 2.45) is 0 Å². The molecule has 4 nitrogen and oxygen atoms in total. The van der Waals surface area contributed by atoms with Gasteiger partial charge in [0.15, 0.2) is 6.61 Å². The number of carbonyl (C=O) groups is 1. The maximum absolute atomic E-state index is 12.2. The van der Waals surface area contributed by atoms with Crippen LogP contribution in [0.15, 0.2) is 42.5 Å². The molecule has 3 rings (SSSR count). The van der Waals surface area contributed by atoms with E-state index in [2.05, 4.69) is 25.2 Å². The van der Waals surface area contributed by atoms with Crippen LogP contribution in [0.5, 0.6) is 5.75 Å². The van der Waals surface area contributed by atoms with Crippen LogP contribution in [0.2, 0.25) is 0 Å². The summed E-state index contributed by atoms with van der Waals surface area (Å²) in [5, 5.41) is 13.0. The average Bonchev–Trinajstić information content (AvgIpc) is 2.60. The number of hydrogen-bond acceptors (Lipinski definition) is 3. The Kier molecular flexibility index (Phi) is 5.39. The van der Waals surface area contributed by atoms with Gasteiger partial charge in [0.05, 0.1) is 6.10 Å². The zero-order valence-corrected chi connectivity index (χ0v) is 14.8. The second-order valence-corrected chi connectivity index (χ2v) is 6.85. The lowest BCUT2D eigenvalue weighted by Gasteiger charge is -2.23. The first-order chi connectivity index (χ1) is 12.0. The monoisotopic (exact) mass is 339 g/mol. The Morgan fingerprint density at radius 1 is 1.28 bits per heavy atom. The molecule has 0 radical (unpaired) electrons. The summed E-state index contributed by atoms with van der Waals surface area (Å²) in [6.07, 6.45) is 2.16. The fourth-order valence-corrected chi connectivity index (χ4v) is 3.24. The van der Waals surface area contributed by atoms with Gasteiger partial charge < -0.3 is 15.2 Å². The smallest absolute Gasteiger partial charge is 0.262 e. The Hall–Kier alpha value is -2.33. The van der Waals surface area contributed by atoms with Gasteiger partial charge in [-0.2, -0.15) is 0 Å². The number of amides is 1. The lowest BCUT2D eigenvalue weighted by molar-refractivity contribution is -0.118. The second-order valence-electron chi connectivity index (χ2n) is 6.85. The number of benzene rings is 2. The van der Waals surface area contributed by atoms with Crippen molar-refractivity contribution in [2.75, 3.05) is 11.9 Å². The molecule has 1 atom stereocenters. The number of rotatable bonds is 5. The van der Waals surface area contributed by atoms with E-state index in [9.17, 15) is 9.90 Å². The van der Waals surface area contributed by atoms with Crippen molar-refractivity contribution in [1.29, 1.82) is 0 Å². The Morgan fingerprint density at radius 2 is 2.08 bits per heavy atom. The van der Waals surface area contributed by atoms with Crippen molar-refractivity contribution in [1.82, 2.24) is 0 Å². The molecule has 2 N–H and O–H groups in total. The van der Waals surface area contributed by atoms with E-state index in [4.69, 9.17) is 4.74 Å². The van der Waals surface area contributed by atoms with Crippen LogP contribution in [-0.2, 0) is 11.2 Å². The van der Waals surface area contributed by atoms with Gasteiger partial charge in [-0.15, -0.1) is 0 Å². The average molecular weight is 339 g/mol. The third-order valence-corrected chi connectivity index (χ3v) is 4.63. The molecule has 132 valence electrons. The Labute approximate surface area is 148 Å². The van der Waals surface area contributed by atoms with E-state index in [0.29, 0.717) is 11.7 Å². The van der Waals surface area contributed by atoms with Crippen LogP contribution < -0.4 is 10.1 Å². The molecule has 0 aromatic heterocycles. The van der Waals surface area contributed by atoms with Crippen LogP contribution in [0.3, 0.4) is 0 Å². The second kappa shape index (κ2) is 7.70. The molecule has 1 aliphatic rings. The molecular formula is C21H25NO3. The maximum atomic E-state index is 12.2. The van der Waals surface area contributed by atoms with Crippen LogP contribution in [0.1, 0.15) is 55.4 Å². The molecular weight excluding hydrogens is 314 g/mol. The quantitative estimate of drug-likeness (QED) is 0.858. The number of anilines is 1. The molecule has 0 fully saturated rings. The first-order valence-electron chi connectivity index (χ1n) is 8.87. The minimum atomic E-state index is -0.431. The molecule has 25 heavy (non-hydrogen) atoms. The highest BCUT2D eigenvalue weighted by atomic mass is 16.5. The van der Waals surface area contributed by atoms with E-state index in [-0.39, 0.29) is 12.5 Å². The minimum absolute atomic E-state index is 0.0432. The molecule has 0 unspecified atom stereocenters. The van der Waals surface area contributed by atoms with Crippen molar-refractivity contribution < 1.29 is 14.6 Å². The summed E-state index contributed by atoms with van der Waals surface area (Å²) in [5.74, 6) is 0.924. The highest BCUT2D eigenvalue weighted by Crippen LogP contribution is 2.35. The molecule has 2 aromatic rings. The topological polar surface area (TPSA) is 58.6 Å². The van der Waals surface area contributed by atoms with Crippen LogP contribution >= 0.6 is 0 Å². The molecule has 1 amide bonds. The van der Waals surface area contributed by atoms with Crippen molar-refractivity contribution in [2.45, 2.75) is 45.1 Å². The summed E-state index contributed by atoms with van der Waals surface area (Å²) in [5.41, 5.74) is 3.92. The molecule has 1 aliphatic carbocycles. The van der Waals surface area contributed by atoms with E-state index < -0.39 is 6.10 Å². The van der Waals surface area contributed by atoms with Gasteiger partial charge in [0.25, 0.3) is 5.91 Å². The molecule has 0 spiro atoms. The van der Waals surface area contributed by atoms with Crippen molar-refractivity contribution in [3.8, 4) is 5.75 Å². The first kappa shape index (κ1) is 17.5. The van der Waals surface area contributed by atoms with E-state index in [1.165, 1.54) is 5.56 Å². The van der Waals surface area contributed by atoms with Crippen molar-refractivity contribution in [3.05, 3.63) is 59.2 Å². The summed E-state index contributed by atoms with van der Waals surface area (Å²) in [6.45, 7) is 4.20. The standard InChI is InChI=1S/C21H25NO3/c1-14(2)15-6-3-7-16(12-15)22-21(24)13-25-20-11-5-8-17-18(20)9-4-10-19(17)23/h3,5-8,11-12,14,19,23H,4,9-10,13H2,1-2H3,(H,22,24)/t19-/m1/s1. The number of nitrogens with one attached hydrogen (secondary N) is 1. The molecule has 4 heteroatoms. The maximum Gasteiger partial charge on any atom is 0.262 e. The number of carbonyl (C=O) groups excluding carboxylic acids is 1. The Balaban J connectivity index is 1.63. The predicted molar refractivity (Wildman–Crippen MR) is 99.0 cm³/mol. The summed E-state index contributed by atoms with van der Waals surface area (Å²) in [7, 11) is 0. The van der Waals surface area contributed by atoms with E-state index in [1.54, 1.807) is 0 Å². The summed E-state index contributed by atoms with van der Waals surface area (Å²) < 4.78 is 5.74. The molecule has 0 saturated carbocycles. The third kappa shape index (κ3) is 4.20. The van der Waals surface area contributed by atoms with E-state index >= 15 is 0 Å². The number of ether oxygens (including phenoxy) is 1. The lowest BCUT2D eigenvalue weighted by atomic mass is 9.89. The fraction of sp³-hybridized carbons (Fsp3) is 0.381. The van der Waals surface area contributed by atoms with Gasteiger partial charge in [0.1, 0.15) is 5.75 Å². The van der Waals surface area contributed by atoms with E-state index in [0.717, 1.165) is 36.1 Å². The Bertz CT molecular complexity index is 755. The summed E-state index contributed by atoms with van der Waals surface area (Å²) in [4.78, 5) is 12.2. The number of hydrogen-bond donors (Lipinski definition) is 2. The molecule has 0 aliphatic heterocycles. The van der Waals surface area contributed by atoms with Gasteiger partial charge in [-0.1, -0.05) is 38.1 Å². The normalized spacial score (nSPS) is 16.4. The van der Waals surface area contributed by atoms with Gasteiger partial charge >= 0.3 is 0 Å². The van der Waals surface area contributed by atoms with Crippen molar-refractivity contribution >= 4 is 11.6 Å². The number of aliphatic hydroxyl groups is 1. The Morgan fingerprint density at radius 3 is 2.88 bits per heavy atom. The van der Waals surface area contributed by atoms with Gasteiger partial charge in [-0.3, -0.25) is 4.79 Å². The highest BCUT2D eigenvalue weighted by Gasteiger charge is 2.21. The predicted octanol–water partition coefficient (Wildman–Crippen LogP) is 4.20. The molecule has 0 bridgehead atoms. The van der Waals surface area contributed by atoms with Gasteiger partial charge in [-0.05, 0) is 60.1 Å². The molecule has 0 heterocycles. The van der Waals surface area contributed by atoms with Crippen LogP contribution in [0.25, 0.3) is 0 Å². The zero-order valence-electron chi connectivity index (χ0n) is 14.8. The van der Waals surface area contributed by atoms with Crippen LogP contribution in [-0.4, -0.2) is 17.6 Å². The van der Waals surface area contributed by atoms with E-state index in [1.807, 2.05) is 36.4 Å². The first-order valence-corrected chi connectivity index (χ1v) is 8.87. The van der Waals surface area contributed by atoms with Crippen molar-refractivity contribution in [3.63, 3.8) is 0 Å². The SMILES string of the molecule is CC(C)c1cccc(NC(=O)COc2cccc3c2CCC[C@H]3O)c1. The minimum Gasteiger partial charge on any atom is -0.483 e. The molecule has 2 aromatic carbocycles. The van der Waals surface area contributed by atoms with Crippen LogP contribution in [0.4, 0.5) is 5.69 Å². The number of fused-ring (bicyclic) bond motifs is 1.